The van der Waals surface area contributed by atoms with E-state index in [1.807, 2.05) is 18.2 Å². The SMILES string of the molecule is CNC(=O)c1nc(-c2ccccn2)sc1N. The van der Waals surface area contributed by atoms with E-state index in [0.717, 1.165) is 0 Å². The highest BCUT2D eigenvalue weighted by atomic mass is 32.1. The molecule has 0 aliphatic rings. The Labute approximate surface area is 96.3 Å². The summed E-state index contributed by atoms with van der Waals surface area (Å²) < 4.78 is 0. The van der Waals surface area contributed by atoms with E-state index in [0.29, 0.717) is 15.7 Å². The van der Waals surface area contributed by atoms with Gasteiger partial charge in [-0.25, -0.2) is 4.98 Å². The first-order chi connectivity index (χ1) is 7.72. The summed E-state index contributed by atoms with van der Waals surface area (Å²) in [6, 6.07) is 5.51. The zero-order valence-corrected chi connectivity index (χ0v) is 9.41. The highest BCUT2D eigenvalue weighted by molar-refractivity contribution is 7.19. The number of nitrogens with zero attached hydrogens (tertiary/aromatic N) is 2. The lowest BCUT2D eigenvalue weighted by Gasteiger charge is -1.94. The molecule has 0 aliphatic heterocycles. The lowest BCUT2D eigenvalue weighted by atomic mass is 10.3. The number of nitrogen functional groups attached to an aromatic ring is 1. The summed E-state index contributed by atoms with van der Waals surface area (Å²) in [5.74, 6) is -0.282. The van der Waals surface area contributed by atoms with Crippen molar-refractivity contribution in [1.29, 1.82) is 0 Å². The van der Waals surface area contributed by atoms with Crippen LogP contribution in [0.5, 0.6) is 0 Å². The van der Waals surface area contributed by atoms with Gasteiger partial charge in [-0.15, -0.1) is 0 Å². The van der Waals surface area contributed by atoms with Gasteiger partial charge in [0.1, 0.15) is 10.0 Å². The van der Waals surface area contributed by atoms with E-state index in [-0.39, 0.29) is 11.6 Å². The molecule has 0 aliphatic carbocycles. The van der Waals surface area contributed by atoms with Gasteiger partial charge in [0, 0.05) is 13.2 Å². The predicted octanol–water partition coefficient (Wildman–Crippen LogP) is 1.15. The van der Waals surface area contributed by atoms with Gasteiger partial charge >= 0.3 is 0 Å². The molecule has 0 aromatic carbocycles. The second-order valence-corrected chi connectivity index (χ2v) is 4.06. The smallest absolute Gasteiger partial charge is 0.272 e. The molecule has 0 saturated heterocycles. The van der Waals surface area contributed by atoms with Gasteiger partial charge < -0.3 is 11.1 Å². The fraction of sp³-hybridized carbons (Fsp3) is 0.100. The van der Waals surface area contributed by atoms with Crippen molar-refractivity contribution in [3.05, 3.63) is 30.1 Å². The molecular formula is C10H10N4OS. The molecular weight excluding hydrogens is 224 g/mol. The molecule has 2 aromatic rings. The third-order valence-electron chi connectivity index (χ3n) is 1.98. The number of hydrogen-bond donors (Lipinski definition) is 2. The maximum Gasteiger partial charge on any atom is 0.272 e. The van der Waals surface area contributed by atoms with Crippen molar-refractivity contribution in [2.45, 2.75) is 0 Å². The number of pyridine rings is 1. The zero-order valence-electron chi connectivity index (χ0n) is 8.60. The Bertz CT molecular complexity index is 509. The number of rotatable bonds is 2. The lowest BCUT2D eigenvalue weighted by molar-refractivity contribution is 0.0960. The number of amides is 1. The molecule has 16 heavy (non-hydrogen) atoms. The number of nitrogens with two attached hydrogens (primary N) is 1. The Morgan fingerprint density at radius 3 is 2.94 bits per heavy atom. The quantitative estimate of drug-likeness (QED) is 0.816. The monoisotopic (exact) mass is 234 g/mol. The molecule has 2 heterocycles. The van der Waals surface area contributed by atoms with E-state index in [9.17, 15) is 4.79 Å². The first kappa shape index (κ1) is 10.6. The van der Waals surface area contributed by atoms with Gasteiger partial charge in [0.2, 0.25) is 0 Å². The molecule has 0 radical (unpaired) electrons. The van der Waals surface area contributed by atoms with Crippen molar-refractivity contribution in [2.24, 2.45) is 0 Å². The molecule has 2 rings (SSSR count). The Morgan fingerprint density at radius 2 is 2.31 bits per heavy atom. The normalized spacial score (nSPS) is 10.1. The van der Waals surface area contributed by atoms with Crippen LogP contribution in [0.3, 0.4) is 0 Å². The highest BCUT2D eigenvalue weighted by Gasteiger charge is 2.16. The average molecular weight is 234 g/mol. The van der Waals surface area contributed by atoms with E-state index in [1.54, 1.807) is 13.2 Å². The Hall–Kier alpha value is -1.95. The van der Waals surface area contributed by atoms with Crippen molar-refractivity contribution >= 4 is 22.2 Å². The fourth-order valence-corrected chi connectivity index (χ4v) is 2.02. The fourth-order valence-electron chi connectivity index (χ4n) is 1.21. The first-order valence-electron chi connectivity index (χ1n) is 4.62. The summed E-state index contributed by atoms with van der Waals surface area (Å²) in [6.07, 6.45) is 1.67. The van der Waals surface area contributed by atoms with Gasteiger partial charge in [0.15, 0.2) is 5.69 Å². The topological polar surface area (TPSA) is 80.9 Å². The third kappa shape index (κ3) is 1.87. The summed E-state index contributed by atoms with van der Waals surface area (Å²) in [4.78, 5) is 19.7. The molecule has 0 fully saturated rings. The highest BCUT2D eigenvalue weighted by Crippen LogP contribution is 2.28. The van der Waals surface area contributed by atoms with E-state index in [4.69, 9.17) is 5.73 Å². The Kier molecular flexibility index (Phi) is 2.82. The van der Waals surface area contributed by atoms with Crippen LogP contribution in [-0.4, -0.2) is 22.9 Å². The second-order valence-electron chi connectivity index (χ2n) is 3.03. The standard InChI is InChI=1S/C10H10N4OS/c1-12-9(15)7-8(11)16-10(14-7)6-4-2-3-5-13-6/h2-5H,11H2,1H3,(H,12,15). The summed E-state index contributed by atoms with van der Waals surface area (Å²) in [7, 11) is 1.54. The maximum atomic E-state index is 11.4. The summed E-state index contributed by atoms with van der Waals surface area (Å²) in [5, 5.41) is 3.54. The van der Waals surface area contributed by atoms with Gasteiger partial charge in [-0.3, -0.25) is 9.78 Å². The van der Waals surface area contributed by atoms with Crippen LogP contribution in [0.25, 0.3) is 10.7 Å². The molecule has 0 saturated carbocycles. The van der Waals surface area contributed by atoms with Crippen molar-refractivity contribution in [2.75, 3.05) is 12.8 Å². The zero-order chi connectivity index (χ0) is 11.5. The molecule has 0 spiro atoms. The lowest BCUT2D eigenvalue weighted by Crippen LogP contribution is -2.19. The summed E-state index contributed by atoms with van der Waals surface area (Å²) >= 11 is 1.25. The largest absolute Gasteiger partial charge is 0.389 e. The molecule has 1 amide bonds. The van der Waals surface area contributed by atoms with Gasteiger partial charge in [0.25, 0.3) is 5.91 Å². The third-order valence-corrected chi connectivity index (χ3v) is 2.89. The molecule has 82 valence electrons. The van der Waals surface area contributed by atoms with Crippen LogP contribution in [0.15, 0.2) is 24.4 Å². The van der Waals surface area contributed by atoms with Crippen LogP contribution < -0.4 is 11.1 Å². The number of anilines is 1. The van der Waals surface area contributed by atoms with Crippen LogP contribution in [0.2, 0.25) is 0 Å². The molecule has 0 unspecified atom stereocenters. The van der Waals surface area contributed by atoms with E-state index in [2.05, 4.69) is 15.3 Å². The number of aromatic nitrogens is 2. The summed E-state index contributed by atoms with van der Waals surface area (Å²) in [5.41, 5.74) is 6.70. The van der Waals surface area contributed by atoms with Crippen molar-refractivity contribution in [1.82, 2.24) is 15.3 Å². The number of thiazole rings is 1. The van der Waals surface area contributed by atoms with E-state index in [1.165, 1.54) is 11.3 Å². The molecule has 2 aromatic heterocycles. The minimum atomic E-state index is -0.282. The van der Waals surface area contributed by atoms with Crippen LogP contribution in [-0.2, 0) is 0 Å². The number of carbonyl (C=O) groups is 1. The molecule has 5 nitrogen and oxygen atoms in total. The number of hydrogen-bond acceptors (Lipinski definition) is 5. The van der Waals surface area contributed by atoms with E-state index < -0.39 is 0 Å². The number of nitrogens with one attached hydrogen (secondary N) is 1. The van der Waals surface area contributed by atoms with Crippen LogP contribution in [0.1, 0.15) is 10.5 Å². The van der Waals surface area contributed by atoms with Crippen molar-refractivity contribution in [3.8, 4) is 10.7 Å². The van der Waals surface area contributed by atoms with E-state index >= 15 is 0 Å². The summed E-state index contributed by atoms with van der Waals surface area (Å²) in [6.45, 7) is 0. The first-order valence-corrected chi connectivity index (χ1v) is 5.44. The Morgan fingerprint density at radius 1 is 1.50 bits per heavy atom. The van der Waals surface area contributed by atoms with Gasteiger partial charge in [-0.05, 0) is 12.1 Å². The molecule has 3 N–H and O–H groups in total. The molecule has 0 bridgehead atoms. The predicted molar refractivity (Wildman–Crippen MR) is 63.1 cm³/mol. The van der Waals surface area contributed by atoms with Crippen molar-refractivity contribution < 1.29 is 4.79 Å². The maximum absolute atomic E-state index is 11.4. The van der Waals surface area contributed by atoms with Crippen LogP contribution >= 0.6 is 11.3 Å². The van der Waals surface area contributed by atoms with Crippen molar-refractivity contribution in [3.63, 3.8) is 0 Å². The average Bonchev–Trinajstić information content (AvgIpc) is 2.71. The minimum Gasteiger partial charge on any atom is -0.389 e. The molecule has 0 atom stereocenters. The van der Waals surface area contributed by atoms with Crippen LogP contribution in [0, 0.1) is 0 Å². The minimum absolute atomic E-state index is 0.258. The van der Waals surface area contributed by atoms with Crippen LogP contribution in [0.4, 0.5) is 5.00 Å². The van der Waals surface area contributed by atoms with Gasteiger partial charge in [-0.2, -0.15) is 0 Å². The second kappa shape index (κ2) is 4.28. The van der Waals surface area contributed by atoms with Gasteiger partial charge in [0.05, 0.1) is 5.69 Å². The molecule has 6 heteroatoms. The Balaban J connectivity index is 2.42. The van der Waals surface area contributed by atoms with Gasteiger partial charge in [-0.1, -0.05) is 17.4 Å². The number of carbonyl (C=O) groups excluding carboxylic acids is 1.